The molecular formula is C16H24Cl2N2O2. The summed E-state index contributed by atoms with van der Waals surface area (Å²) in [4.78, 5) is 12.3. The van der Waals surface area contributed by atoms with Crippen molar-refractivity contribution in [2.24, 2.45) is 5.41 Å². The monoisotopic (exact) mass is 346 g/mol. The highest BCUT2D eigenvalue weighted by atomic mass is 35.5. The number of amides is 1. The summed E-state index contributed by atoms with van der Waals surface area (Å²) in [6, 6.07) is 5.49. The van der Waals surface area contributed by atoms with Crippen LogP contribution in [0.2, 0.25) is 5.02 Å². The molecular weight excluding hydrogens is 323 g/mol. The summed E-state index contributed by atoms with van der Waals surface area (Å²) in [7, 11) is 1.71. The van der Waals surface area contributed by atoms with Crippen LogP contribution in [0.5, 0.6) is 0 Å². The van der Waals surface area contributed by atoms with Gasteiger partial charge in [-0.05, 0) is 50.6 Å². The summed E-state index contributed by atoms with van der Waals surface area (Å²) in [5.41, 5.74) is 1.60. The molecule has 1 saturated heterocycles. The number of rotatable bonds is 5. The number of ether oxygens (including phenoxy) is 1. The third-order valence-corrected chi connectivity index (χ3v) is 4.42. The van der Waals surface area contributed by atoms with Crippen LogP contribution in [0.25, 0.3) is 0 Å². The number of hydrogen-bond acceptors (Lipinski definition) is 3. The van der Waals surface area contributed by atoms with Gasteiger partial charge in [0, 0.05) is 19.1 Å². The summed E-state index contributed by atoms with van der Waals surface area (Å²) in [5, 5.41) is 6.87. The molecule has 0 spiro atoms. The Morgan fingerprint density at radius 1 is 1.41 bits per heavy atom. The number of nitrogens with one attached hydrogen (secondary N) is 2. The van der Waals surface area contributed by atoms with E-state index in [0.717, 1.165) is 31.5 Å². The molecule has 0 unspecified atom stereocenters. The molecule has 1 aliphatic rings. The molecule has 0 atom stereocenters. The molecule has 0 radical (unpaired) electrons. The van der Waals surface area contributed by atoms with Crippen LogP contribution in [0.15, 0.2) is 18.2 Å². The van der Waals surface area contributed by atoms with Crippen molar-refractivity contribution in [1.29, 1.82) is 0 Å². The zero-order chi connectivity index (χ0) is 15.3. The Kier molecular flexibility index (Phi) is 7.63. The highest BCUT2D eigenvalue weighted by molar-refractivity contribution is 6.33. The molecule has 1 aromatic rings. The number of carbonyl (C=O) groups is 1. The van der Waals surface area contributed by atoms with Gasteiger partial charge in [-0.3, -0.25) is 4.79 Å². The average Bonchev–Trinajstić information content (AvgIpc) is 2.46. The fraction of sp³-hybridized carbons (Fsp3) is 0.562. The lowest BCUT2D eigenvalue weighted by atomic mass is 9.79. The van der Waals surface area contributed by atoms with E-state index in [4.69, 9.17) is 16.3 Å². The molecule has 1 amide bonds. The smallest absolute Gasteiger partial charge is 0.252 e. The van der Waals surface area contributed by atoms with Crippen LogP contribution >= 0.6 is 24.0 Å². The van der Waals surface area contributed by atoms with Crippen molar-refractivity contribution >= 4 is 29.9 Å². The van der Waals surface area contributed by atoms with Crippen LogP contribution in [0, 0.1) is 12.3 Å². The van der Waals surface area contributed by atoms with Crippen molar-refractivity contribution in [3.63, 3.8) is 0 Å². The van der Waals surface area contributed by atoms with E-state index >= 15 is 0 Å². The largest absolute Gasteiger partial charge is 0.384 e. The quantitative estimate of drug-likeness (QED) is 0.861. The molecule has 2 N–H and O–H groups in total. The van der Waals surface area contributed by atoms with E-state index in [1.54, 1.807) is 13.2 Å². The van der Waals surface area contributed by atoms with Gasteiger partial charge in [-0.2, -0.15) is 0 Å². The number of benzene rings is 1. The van der Waals surface area contributed by atoms with E-state index < -0.39 is 0 Å². The first kappa shape index (κ1) is 19.2. The number of methoxy groups -OCH3 is 1. The van der Waals surface area contributed by atoms with Crippen molar-refractivity contribution in [2.75, 3.05) is 33.4 Å². The second-order valence-electron chi connectivity index (χ2n) is 5.85. The molecule has 22 heavy (non-hydrogen) atoms. The minimum Gasteiger partial charge on any atom is -0.384 e. The van der Waals surface area contributed by atoms with Gasteiger partial charge in [0.15, 0.2) is 0 Å². The third-order valence-electron chi connectivity index (χ3n) is 4.11. The van der Waals surface area contributed by atoms with Crippen molar-refractivity contribution < 1.29 is 9.53 Å². The van der Waals surface area contributed by atoms with Crippen LogP contribution < -0.4 is 10.6 Å². The molecule has 6 heteroatoms. The Morgan fingerprint density at radius 2 is 2.09 bits per heavy atom. The maximum absolute atomic E-state index is 12.3. The normalized spacial score (nSPS) is 16.7. The molecule has 0 saturated carbocycles. The van der Waals surface area contributed by atoms with Gasteiger partial charge in [0.1, 0.15) is 0 Å². The number of hydrogen-bond donors (Lipinski definition) is 2. The first-order chi connectivity index (χ1) is 10.1. The maximum atomic E-state index is 12.3. The van der Waals surface area contributed by atoms with Gasteiger partial charge in [-0.1, -0.05) is 17.7 Å². The lowest BCUT2D eigenvalue weighted by Gasteiger charge is -2.37. The highest BCUT2D eigenvalue weighted by Gasteiger charge is 2.32. The Morgan fingerprint density at radius 3 is 2.68 bits per heavy atom. The molecule has 1 aromatic carbocycles. The second-order valence-corrected chi connectivity index (χ2v) is 6.26. The van der Waals surface area contributed by atoms with Crippen LogP contribution in [-0.2, 0) is 4.74 Å². The molecule has 1 fully saturated rings. The van der Waals surface area contributed by atoms with Gasteiger partial charge in [-0.25, -0.2) is 0 Å². The van der Waals surface area contributed by atoms with E-state index in [-0.39, 0.29) is 23.7 Å². The van der Waals surface area contributed by atoms with Gasteiger partial charge in [0.2, 0.25) is 0 Å². The second kappa shape index (κ2) is 8.73. The van der Waals surface area contributed by atoms with Crippen LogP contribution in [0.3, 0.4) is 0 Å². The fourth-order valence-electron chi connectivity index (χ4n) is 2.80. The minimum atomic E-state index is -0.117. The lowest BCUT2D eigenvalue weighted by molar-refractivity contribution is 0.0512. The van der Waals surface area contributed by atoms with Crippen molar-refractivity contribution in [3.8, 4) is 0 Å². The molecule has 0 aromatic heterocycles. The van der Waals surface area contributed by atoms with Crippen LogP contribution in [-0.4, -0.2) is 39.3 Å². The summed E-state index contributed by atoms with van der Waals surface area (Å²) in [6.45, 7) is 5.16. The topological polar surface area (TPSA) is 50.4 Å². The first-order valence-electron chi connectivity index (χ1n) is 7.30. The zero-order valence-corrected chi connectivity index (χ0v) is 14.6. The van der Waals surface area contributed by atoms with E-state index in [1.807, 2.05) is 19.1 Å². The average molecular weight is 347 g/mol. The van der Waals surface area contributed by atoms with Crippen molar-refractivity contribution in [2.45, 2.75) is 19.8 Å². The van der Waals surface area contributed by atoms with Gasteiger partial charge in [0.05, 0.1) is 17.2 Å². The minimum absolute atomic E-state index is 0. The Bertz CT molecular complexity index is 497. The fourth-order valence-corrected chi connectivity index (χ4v) is 3.12. The van der Waals surface area contributed by atoms with Crippen LogP contribution in [0.4, 0.5) is 0 Å². The maximum Gasteiger partial charge on any atom is 0.252 e. The molecule has 1 heterocycles. The van der Waals surface area contributed by atoms with Crippen LogP contribution in [0.1, 0.15) is 28.8 Å². The summed E-state index contributed by atoms with van der Waals surface area (Å²) < 4.78 is 5.36. The molecule has 0 aliphatic carbocycles. The standard InChI is InChI=1S/C16H23ClN2O2.ClH/c1-12-3-4-13(14(17)9-12)15(20)19-10-16(11-21-2)5-7-18-8-6-16;/h3-4,9,18H,5-8,10-11H2,1-2H3,(H,19,20);1H. The number of halogens is 2. The summed E-state index contributed by atoms with van der Waals surface area (Å²) in [6.07, 6.45) is 2.01. The lowest BCUT2D eigenvalue weighted by Crippen LogP contribution is -2.47. The predicted octanol–water partition coefficient (Wildman–Crippen LogP) is 2.82. The number of aryl methyl sites for hydroxylation is 1. The number of carbonyl (C=O) groups excluding carboxylic acids is 1. The molecule has 2 rings (SSSR count). The molecule has 124 valence electrons. The van der Waals surface area contributed by atoms with Gasteiger partial charge >= 0.3 is 0 Å². The Hall–Kier alpha value is -0.810. The van der Waals surface area contributed by atoms with E-state index in [0.29, 0.717) is 23.7 Å². The van der Waals surface area contributed by atoms with E-state index in [9.17, 15) is 4.79 Å². The predicted molar refractivity (Wildman–Crippen MR) is 92.2 cm³/mol. The third kappa shape index (κ3) is 4.85. The van der Waals surface area contributed by atoms with Gasteiger partial charge < -0.3 is 15.4 Å². The molecule has 0 bridgehead atoms. The SMILES string of the molecule is COCC1(CNC(=O)c2ccc(C)cc2Cl)CCNCC1.Cl. The van der Waals surface area contributed by atoms with Crippen molar-refractivity contribution in [1.82, 2.24) is 10.6 Å². The zero-order valence-electron chi connectivity index (χ0n) is 13.1. The van der Waals surface area contributed by atoms with Crippen molar-refractivity contribution in [3.05, 3.63) is 34.3 Å². The Balaban J connectivity index is 0.00000242. The highest BCUT2D eigenvalue weighted by Crippen LogP contribution is 2.28. The van der Waals surface area contributed by atoms with Gasteiger partial charge in [-0.15, -0.1) is 12.4 Å². The first-order valence-corrected chi connectivity index (χ1v) is 7.68. The van der Waals surface area contributed by atoms with E-state index in [1.165, 1.54) is 0 Å². The summed E-state index contributed by atoms with van der Waals surface area (Å²) in [5.74, 6) is -0.117. The molecule has 1 aliphatic heterocycles. The van der Waals surface area contributed by atoms with Gasteiger partial charge in [0.25, 0.3) is 5.91 Å². The van der Waals surface area contributed by atoms with E-state index in [2.05, 4.69) is 10.6 Å². The number of piperidine rings is 1. The Labute approximate surface area is 143 Å². The summed E-state index contributed by atoms with van der Waals surface area (Å²) >= 11 is 6.15. The molecule has 4 nitrogen and oxygen atoms in total.